The molecule has 0 radical (unpaired) electrons. The molecule has 0 heterocycles. The molecule has 0 amide bonds. The SMILES string of the molecule is NSc1ccc2cc3ccccc3cc2c1. The number of nitrogens with two attached hydrogens (primary N) is 1. The average molecular weight is 225 g/mol. The van der Waals surface area contributed by atoms with Crippen molar-refractivity contribution in [1.29, 1.82) is 0 Å². The van der Waals surface area contributed by atoms with Gasteiger partial charge in [-0.3, -0.25) is 5.14 Å². The van der Waals surface area contributed by atoms with Gasteiger partial charge in [-0.2, -0.15) is 0 Å². The largest absolute Gasteiger partial charge is 0.274 e. The first kappa shape index (κ1) is 9.70. The Morgan fingerprint density at radius 1 is 0.688 bits per heavy atom. The van der Waals surface area contributed by atoms with Crippen LogP contribution in [0.5, 0.6) is 0 Å². The molecule has 0 aliphatic heterocycles. The summed E-state index contributed by atoms with van der Waals surface area (Å²) in [6.07, 6.45) is 0. The molecule has 0 bridgehead atoms. The Morgan fingerprint density at radius 2 is 1.31 bits per heavy atom. The molecule has 0 aliphatic rings. The first-order valence-corrected chi connectivity index (χ1v) is 6.04. The van der Waals surface area contributed by atoms with E-state index in [0.29, 0.717) is 0 Å². The number of rotatable bonds is 1. The van der Waals surface area contributed by atoms with Crippen LogP contribution in [0.4, 0.5) is 0 Å². The van der Waals surface area contributed by atoms with E-state index < -0.39 is 0 Å². The summed E-state index contributed by atoms with van der Waals surface area (Å²) in [5.41, 5.74) is 0. The van der Waals surface area contributed by atoms with E-state index in [-0.39, 0.29) is 0 Å². The molecular weight excluding hydrogens is 214 g/mol. The van der Waals surface area contributed by atoms with Crippen LogP contribution >= 0.6 is 11.9 Å². The van der Waals surface area contributed by atoms with Crippen molar-refractivity contribution in [2.45, 2.75) is 4.90 Å². The highest BCUT2D eigenvalue weighted by Gasteiger charge is 1.98. The van der Waals surface area contributed by atoms with Crippen LogP contribution in [0.25, 0.3) is 21.5 Å². The van der Waals surface area contributed by atoms with Crippen molar-refractivity contribution in [1.82, 2.24) is 0 Å². The number of benzene rings is 3. The smallest absolute Gasteiger partial charge is 0.0232 e. The standard InChI is InChI=1S/C14H11NS/c15-16-14-6-5-12-7-10-3-1-2-4-11(10)8-13(12)9-14/h1-9H,15H2. The second kappa shape index (κ2) is 3.81. The molecule has 0 fully saturated rings. The Labute approximate surface area is 98.4 Å². The average Bonchev–Trinajstić information content (AvgIpc) is 2.35. The Kier molecular flexibility index (Phi) is 2.31. The maximum atomic E-state index is 5.57. The molecule has 0 atom stereocenters. The highest BCUT2D eigenvalue weighted by atomic mass is 32.2. The molecule has 1 nitrogen and oxygen atoms in total. The lowest BCUT2D eigenvalue weighted by atomic mass is 10.0. The molecule has 2 heteroatoms. The molecule has 0 aliphatic carbocycles. The zero-order chi connectivity index (χ0) is 11.0. The quantitative estimate of drug-likeness (QED) is 0.501. The van der Waals surface area contributed by atoms with E-state index in [0.717, 1.165) is 4.90 Å². The second-order valence-corrected chi connectivity index (χ2v) is 4.53. The predicted molar refractivity (Wildman–Crippen MR) is 71.5 cm³/mol. The lowest BCUT2D eigenvalue weighted by Gasteiger charge is -2.03. The van der Waals surface area contributed by atoms with Gasteiger partial charge in [-0.15, -0.1) is 0 Å². The van der Waals surface area contributed by atoms with E-state index in [4.69, 9.17) is 5.14 Å². The third-order valence-electron chi connectivity index (χ3n) is 2.81. The fraction of sp³-hybridized carbons (Fsp3) is 0. The molecule has 0 aromatic heterocycles. The Balaban J connectivity index is 2.37. The van der Waals surface area contributed by atoms with Crippen LogP contribution in [0.2, 0.25) is 0 Å². The van der Waals surface area contributed by atoms with Crippen LogP contribution in [0.1, 0.15) is 0 Å². The summed E-state index contributed by atoms with van der Waals surface area (Å²) in [4.78, 5) is 1.10. The van der Waals surface area contributed by atoms with Gasteiger partial charge in [0.05, 0.1) is 0 Å². The maximum absolute atomic E-state index is 5.57. The summed E-state index contributed by atoms with van der Waals surface area (Å²) in [5, 5.41) is 10.6. The predicted octanol–water partition coefficient (Wildman–Crippen LogP) is 3.96. The molecule has 0 unspecified atom stereocenters. The van der Waals surface area contributed by atoms with Gasteiger partial charge in [0.1, 0.15) is 0 Å². The summed E-state index contributed by atoms with van der Waals surface area (Å²) in [7, 11) is 0. The van der Waals surface area contributed by atoms with Gasteiger partial charge in [0.2, 0.25) is 0 Å². The van der Waals surface area contributed by atoms with Crippen LogP contribution in [-0.2, 0) is 0 Å². The van der Waals surface area contributed by atoms with Crippen LogP contribution in [0, 0.1) is 0 Å². The molecule has 0 spiro atoms. The van der Waals surface area contributed by atoms with Gasteiger partial charge >= 0.3 is 0 Å². The molecule has 78 valence electrons. The Morgan fingerprint density at radius 3 is 2.00 bits per heavy atom. The molecule has 2 N–H and O–H groups in total. The molecule has 3 aromatic carbocycles. The molecule has 0 saturated heterocycles. The minimum Gasteiger partial charge on any atom is -0.274 e. The normalized spacial score (nSPS) is 11.1. The van der Waals surface area contributed by atoms with Gasteiger partial charge in [0, 0.05) is 4.90 Å². The summed E-state index contributed by atoms with van der Waals surface area (Å²) in [6, 6.07) is 19.1. The minimum atomic E-state index is 1.10. The third kappa shape index (κ3) is 1.56. The van der Waals surface area contributed by atoms with E-state index >= 15 is 0 Å². The zero-order valence-electron chi connectivity index (χ0n) is 8.68. The van der Waals surface area contributed by atoms with Crippen molar-refractivity contribution >= 4 is 33.5 Å². The molecular formula is C14H11NS. The van der Waals surface area contributed by atoms with Crippen LogP contribution < -0.4 is 5.14 Å². The van der Waals surface area contributed by atoms with Crippen molar-refractivity contribution in [3.05, 3.63) is 54.6 Å². The van der Waals surface area contributed by atoms with Crippen molar-refractivity contribution in [3.63, 3.8) is 0 Å². The fourth-order valence-electron chi connectivity index (χ4n) is 1.99. The summed E-state index contributed by atoms with van der Waals surface area (Å²) < 4.78 is 0. The number of hydrogen-bond donors (Lipinski definition) is 1. The van der Waals surface area contributed by atoms with Crippen molar-refractivity contribution in [3.8, 4) is 0 Å². The first-order valence-electron chi connectivity index (χ1n) is 5.16. The monoisotopic (exact) mass is 225 g/mol. The summed E-state index contributed by atoms with van der Waals surface area (Å²) in [6.45, 7) is 0. The third-order valence-corrected chi connectivity index (χ3v) is 3.34. The lowest BCUT2D eigenvalue weighted by molar-refractivity contribution is 1.51. The van der Waals surface area contributed by atoms with E-state index in [1.165, 1.54) is 33.5 Å². The first-order chi connectivity index (χ1) is 7.86. The van der Waals surface area contributed by atoms with Gasteiger partial charge in [-0.1, -0.05) is 30.3 Å². The summed E-state index contributed by atoms with van der Waals surface area (Å²) in [5.74, 6) is 0. The summed E-state index contributed by atoms with van der Waals surface area (Å²) >= 11 is 1.29. The second-order valence-electron chi connectivity index (χ2n) is 3.83. The Hall–Kier alpha value is -1.51. The van der Waals surface area contributed by atoms with Gasteiger partial charge in [0.15, 0.2) is 0 Å². The van der Waals surface area contributed by atoms with E-state index in [2.05, 4.69) is 54.6 Å². The van der Waals surface area contributed by atoms with E-state index in [1.807, 2.05) is 0 Å². The number of fused-ring (bicyclic) bond motifs is 2. The molecule has 0 saturated carbocycles. The Bertz CT molecular complexity index is 661. The van der Waals surface area contributed by atoms with Gasteiger partial charge in [-0.25, -0.2) is 0 Å². The van der Waals surface area contributed by atoms with Gasteiger partial charge < -0.3 is 0 Å². The highest BCUT2D eigenvalue weighted by molar-refractivity contribution is 7.97. The molecule has 3 aromatic rings. The topological polar surface area (TPSA) is 26.0 Å². The van der Waals surface area contributed by atoms with Crippen molar-refractivity contribution in [2.24, 2.45) is 5.14 Å². The van der Waals surface area contributed by atoms with E-state index in [1.54, 1.807) is 0 Å². The van der Waals surface area contributed by atoms with Crippen LogP contribution in [-0.4, -0.2) is 0 Å². The van der Waals surface area contributed by atoms with Gasteiger partial charge in [0.25, 0.3) is 0 Å². The highest BCUT2D eigenvalue weighted by Crippen LogP contribution is 2.25. The van der Waals surface area contributed by atoms with Crippen LogP contribution in [0.3, 0.4) is 0 Å². The minimum absolute atomic E-state index is 1.10. The van der Waals surface area contributed by atoms with Crippen molar-refractivity contribution < 1.29 is 0 Å². The molecule has 3 rings (SSSR count). The van der Waals surface area contributed by atoms with Crippen molar-refractivity contribution in [2.75, 3.05) is 0 Å². The van der Waals surface area contributed by atoms with Gasteiger partial charge in [-0.05, 0) is 57.8 Å². The zero-order valence-corrected chi connectivity index (χ0v) is 9.50. The fourth-order valence-corrected chi connectivity index (χ4v) is 2.33. The number of hydrogen-bond acceptors (Lipinski definition) is 2. The maximum Gasteiger partial charge on any atom is 0.0232 e. The van der Waals surface area contributed by atoms with E-state index in [9.17, 15) is 0 Å². The lowest BCUT2D eigenvalue weighted by Crippen LogP contribution is -1.81. The molecule has 16 heavy (non-hydrogen) atoms. The van der Waals surface area contributed by atoms with Crippen LogP contribution in [0.15, 0.2) is 59.5 Å².